The Kier molecular flexibility index (Phi) is 3.40. The summed E-state index contributed by atoms with van der Waals surface area (Å²) in [6, 6.07) is 3.97. The second kappa shape index (κ2) is 4.80. The Labute approximate surface area is 94.6 Å². The smallest absolute Gasteiger partial charge is 0.168 e. The quantitative estimate of drug-likeness (QED) is 0.776. The van der Waals surface area contributed by atoms with Crippen molar-refractivity contribution in [3.8, 4) is 0 Å². The number of hydrogen-bond acceptors (Lipinski definition) is 4. The maximum absolute atomic E-state index is 13.6. The first-order chi connectivity index (χ1) is 7.68. The molecule has 0 bridgehead atoms. The highest BCUT2D eigenvalue weighted by molar-refractivity contribution is 7.72. The lowest BCUT2D eigenvalue weighted by Gasteiger charge is -2.29. The average molecular weight is 245 g/mol. The number of rotatable bonds is 2. The van der Waals surface area contributed by atoms with Crippen molar-refractivity contribution in [1.29, 1.82) is 0 Å². The molecule has 1 aromatic rings. The number of hydrogen-bond donors (Lipinski definition) is 1. The van der Waals surface area contributed by atoms with Crippen molar-refractivity contribution in [3.05, 3.63) is 24.0 Å². The third-order valence-corrected chi connectivity index (χ3v) is 3.19. The van der Waals surface area contributed by atoms with Crippen molar-refractivity contribution in [3.63, 3.8) is 0 Å². The van der Waals surface area contributed by atoms with Crippen LogP contribution in [-0.2, 0) is 15.4 Å². The molecule has 0 unspecified atom stereocenters. The molecule has 1 saturated heterocycles. The first-order valence-electron chi connectivity index (χ1n) is 4.95. The summed E-state index contributed by atoms with van der Waals surface area (Å²) in [7, 11) is -2.72. The van der Waals surface area contributed by atoms with E-state index in [9.17, 15) is 12.8 Å². The van der Waals surface area contributed by atoms with Gasteiger partial charge in [0.25, 0.3) is 0 Å². The second-order valence-electron chi connectivity index (χ2n) is 3.49. The van der Waals surface area contributed by atoms with E-state index in [2.05, 4.69) is 0 Å². The van der Waals surface area contributed by atoms with Crippen LogP contribution in [0.1, 0.15) is 0 Å². The van der Waals surface area contributed by atoms with Crippen LogP contribution in [0.2, 0.25) is 0 Å². The topological polar surface area (TPSA) is 46.6 Å². The number of benzene rings is 1. The van der Waals surface area contributed by atoms with E-state index in [1.807, 2.05) is 4.90 Å². The van der Waals surface area contributed by atoms with Crippen LogP contribution in [0.5, 0.6) is 0 Å². The molecule has 1 aliphatic heterocycles. The molecule has 4 nitrogen and oxygen atoms in total. The minimum absolute atomic E-state index is 0.00418. The van der Waals surface area contributed by atoms with Crippen LogP contribution in [0.15, 0.2) is 23.1 Å². The Hall–Kier alpha value is -1.14. The number of nitrogens with zero attached hydrogens (tertiary/aromatic N) is 1. The summed E-state index contributed by atoms with van der Waals surface area (Å²) in [5.41, 5.74) is 0.434. The second-order valence-corrected chi connectivity index (χ2v) is 4.52. The zero-order valence-electron chi connectivity index (χ0n) is 8.56. The molecule has 2 rings (SSSR count). The molecule has 88 valence electrons. The summed E-state index contributed by atoms with van der Waals surface area (Å²) in [6.45, 7) is 2.38. The fourth-order valence-corrected chi connectivity index (χ4v) is 2.09. The normalized spacial score (nSPS) is 16.8. The van der Waals surface area contributed by atoms with E-state index in [4.69, 9.17) is 4.74 Å². The Bertz CT molecular complexity index is 447. The van der Waals surface area contributed by atoms with Gasteiger partial charge < -0.3 is 9.64 Å². The monoisotopic (exact) mass is 245 g/mol. The van der Waals surface area contributed by atoms with Crippen molar-refractivity contribution in [2.24, 2.45) is 0 Å². The summed E-state index contributed by atoms with van der Waals surface area (Å²) in [6.07, 6.45) is 0. The molecule has 1 fully saturated rings. The average Bonchev–Trinajstić information content (AvgIpc) is 2.30. The molecule has 0 atom stereocenters. The third-order valence-electron chi connectivity index (χ3n) is 2.49. The summed E-state index contributed by atoms with van der Waals surface area (Å²) in [5, 5.41) is 0. The largest absolute Gasteiger partial charge is 0.378 e. The molecule has 6 heteroatoms. The summed E-state index contributed by atoms with van der Waals surface area (Å²) >= 11 is 0. The van der Waals surface area contributed by atoms with Crippen molar-refractivity contribution in [2.75, 3.05) is 31.2 Å². The Morgan fingerprint density at radius 2 is 1.94 bits per heavy atom. The van der Waals surface area contributed by atoms with E-state index in [1.54, 1.807) is 0 Å². The van der Waals surface area contributed by atoms with Crippen LogP contribution in [0.25, 0.3) is 0 Å². The maximum Gasteiger partial charge on any atom is 0.168 e. The fourth-order valence-electron chi connectivity index (χ4n) is 1.67. The van der Waals surface area contributed by atoms with Crippen LogP contribution in [0.4, 0.5) is 10.1 Å². The van der Waals surface area contributed by atoms with Crippen LogP contribution in [-0.4, -0.2) is 34.7 Å². The summed E-state index contributed by atoms with van der Waals surface area (Å²) in [4.78, 5) is 1.85. The summed E-state index contributed by atoms with van der Waals surface area (Å²) < 4.78 is 40.2. The number of morpholine rings is 1. The van der Waals surface area contributed by atoms with Crippen LogP contribution in [0, 0.1) is 5.82 Å². The Morgan fingerprint density at radius 1 is 1.25 bits per heavy atom. The maximum atomic E-state index is 13.6. The fraction of sp³-hybridized carbons (Fsp3) is 0.400. The first-order valence-corrected chi connectivity index (χ1v) is 6.13. The lowest BCUT2D eigenvalue weighted by atomic mass is 10.2. The van der Waals surface area contributed by atoms with Gasteiger partial charge >= 0.3 is 0 Å². The molecule has 0 saturated carbocycles. The van der Waals surface area contributed by atoms with Gasteiger partial charge in [-0.3, -0.25) is 0 Å². The predicted octanol–water partition coefficient (Wildman–Crippen LogP) is 0.633. The van der Waals surface area contributed by atoms with Crippen LogP contribution in [0.3, 0.4) is 0 Å². The van der Waals surface area contributed by atoms with E-state index < -0.39 is 16.5 Å². The molecule has 0 radical (unpaired) electrons. The van der Waals surface area contributed by atoms with Gasteiger partial charge in [-0.05, 0) is 18.2 Å². The number of anilines is 1. The van der Waals surface area contributed by atoms with Crippen LogP contribution >= 0.6 is 0 Å². The highest BCUT2D eigenvalue weighted by Crippen LogP contribution is 2.21. The van der Waals surface area contributed by atoms with Gasteiger partial charge in [0.2, 0.25) is 0 Å². The van der Waals surface area contributed by atoms with Gasteiger partial charge in [-0.1, -0.05) is 0 Å². The zero-order valence-corrected chi connectivity index (χ0v) is 9.45. The van der Waals surface area contributed by atoms with Gasteiger partial charge in [-0.2, -0.15) is 0 Å². The highest BCUT2D eigenvalue weighted by Gasteiger charge is 2.15. The molecule has 1 aliphatic rings. The standard InChI is InChI=1S/C10H12FNO3S/c11-9-7-8(16(13)14)1-2-10(9)12-3-5-15-6-4-12/h1-2,7,16H,3-6H2. The molecule has 0 aromatic heterocycles. The van der Waals surface area contributed by atoms with Crippen molar-refractivity contribution in [1.82, 2.24) is 0 Å². The minimum atomic E-state index is -2.72. The van der Waals surface area contributed by atoms with Gasteiger partial charge in [-0.15, -0.1) is 0 Å². The van der Waals surface area contributed by atoms with E-state index in [0.29, 0.717) is 32.0 Å². The molecular weight excluding hydrogens is 233 g/mol. The van der Waals surface area contributed by atoms with Gasteiger partial charge in [0.05, 0.1) is 23.8 Å². The SMILES string of the molecule is O=[SH](=O)c1ccc(N2CCOCC2)c(F)c1. The molecule has 0 spiro atoms. The molecule has 0 aliphatic carbocycles. The number of halogens is 1. The molecular formula is C10H12FNO3S. The molecule has 0 N–H and O–H groups in total. The van der Waals surface area contributed by atoms with E-state index in [1.165, 1.54) is 12.1 Å². The van der Waals surface area contributed by atoms with E-state index >= 15 is 0 Å². The lowest BCUT2D eigenvalue weighted by Crippen LogP contribution is -2.36. The van der Waals surface area contributed by atoms with Gasteiger partial charge in [0.1, 0.15) is 5.82 Å². The minimum Gasteiger partial charge on any atom is -0.378 e. The predicted molar refractivity (Wildman–Crippen MR) is 58.0 cm³/mol. The van der Waals surface area contributed by atoms with E-state index in [0.717, 1.165) is 6.07 Å². The van der Waals surface area contributed by atoms with Crippen molar-refractivity contribution in [2.45, 2.75) is 4.90 Å². The molecule has 0 amide bonds. The number of thiol groups is 1. The van der Waals surface area contributed by atoms with Gasteiger partial charge in [-0.25, -0.2) is 12.8 Å². The Balaban J connectivity index is 2.27. The van der Waals surface area contributed by atoms with Crippen LogP contribution < -0.4 is 4.90 Å². The van der Waals surface area contributed by atoms with Gasteiger partial charge in [0, 0.05) is 13.1 Å². The highest BCUT2D eigenvalue weighted by atomic mass is 32.2. The lowest BCUT2D eigenvalue weighted by molar-refractivity contribution is 0.122. The summed E-state index contributed by atoms with van der Waals surface area (Å²) in [5.74, 6) is -0.501. The first kappa shape index (κ1) is 11.3. The Morgan fingerprint density at radius 3 is 2.50 bits per heavy atom. The van der Waals surface area contributed by atoms with Crippen molar-refractivity contribution < 1.29 is 17.5 Å². The zero-order chi connectivity index (χ0) is 11.5. The third kappa shape index (κ3) is 2.33. The molecule has 1 aromatic carbocycles. The molecule has 16 heavy (non-hydrogen) atoms. The number of ether oxygens (including phenoxy) is 1. The van der Waals surface area contributed by atoms with Gasteiger partial charge in [0.15, 0.2) is 10.7 Å². The van der Waals surface area contributed by atoms with Crippen molar-refractivity contribution >= 4 is 16.4 Å². The molecule has 1 heterocycles. The van der Waals surface area contributed by atoms with E-state index in [-0.39, 0.29) is 4.90 Å².